The molecule has 1 saturated heterocycles. The minimum Gasteiger partial charge on any atom is -0.491 e. The predicted octanol–water partition coefficient (Wildman–Crippen LogP) is 1.03. The van der Waals surface area contributed by atoms with Gasteiger partial charge in [-0.2, -0.15) is 4.31 Å². The van der Waals surface area contributed by atoms with Gasteiger partial charge in [0.25, 0.3) is 0 Å². The molecular weight excluding hydrogens is 394 g/mol. The third kappa shape index (κ3) is 5.60. The summed E-state index contributed by atoms with van der Waals surface area (Å²) in [6.45, 7) is 3.80. The van der Waals surface area contributed by atoms with Gasteiger partial charge in [-0.25, -0.2) is 8.42 Å². The van der Waals surface area contributed by atoms with Gasteiger partial charge in [-0.15, -0.1) is 0 Å². The Kier molecular flexibility index (Phi) is 6.96. The van der Waals surface area contributed by atoms with Crippen LogP contribution in [-0.4, -0.2) is 78.9 Å². The van der Waals surface area contributed by atoms with Crippen LogP contribution in [0.1, 0.15) is 17.3 Å². The molecule has 8 nitrogen and oxygen atoms in total. The van der Waals surface area contributed by atoms with Crippen molar-refractivity contribution in [1.29, 1.82) is 0 Å². The molecule has 9 heteroatoms. The highest BCUT2D eigenvalue weighted by Gasteiger charge is 2.29. The number of sulfonamides is 1. The number of aliphatic hydroxyl groups is 1. The Morgan fingerprint density at radius 2 is 1.86 bits per heavy atom. The van der Waals surface area contributed by atoms with Crippen LogP contribution in [0, 0.1) is 0 Å². The van der Waals surface area contributed by atoms with E-state index in [4.69, 9.17) is 4.74 Å². The molecule has 0 aliphatic carbocycles. The van der Waals surface area contributed by atoms with E-state index in [0.29, 0.717) is 44.0 Å². The highest BCUT2D eigenvalue weighted by Crippen LogP contribution is 2.17. The number of piperazine rings is 1. The Labute approximate surface area is 170 Å². The van der Waals surface area contributed by atoms with Gasteiger partial charge in [-0.05, 0) is 43.3 Å². The number of hydrogen-bond acceptors (Lipinski definition) is 7. The molecule has 2 heterocycles. The second-order valence-electron chi connectivity index (χ2n) is 6.94. The van der Waals surface area contributed by atoms with Crippen LogP contribution >= 0.6 is 0 Å². The number of carbonyl (C=O) groups excluding carboxylic acids is 1. The number of ether oxygens (including phenoxy) is 1. The molecule has 1 fully saturated rings. The molecule has 0 saturated carbocycles. The van der Waals surface area contributed by atoms with Crippen molar-refractivity contribution in [2.75, 3.05) is 39.3 Å². The van der Waals surface area contributed by atoms with Crippen molar-refractivity contribution in [3.05, 3.63) is 54.4 Å². The predicted molar refractivity (Wildman–Crippen MR) is 107 cm³/mol. The molecule has 0 bridgehead atoms. The lowest BCUT2D eigenvalue weighted by Gasteiger charge is -2.34. The van der Waals surface area contributed by atoms with Gasteiger partial charge in [0, 0.05) is 50.7 Å². The zero-order valence-corrected chi connectivity index (χ0v) is 17.1. The van der Waals surface area contributed by atoms with Crippen molar-refractivity contribution in [3.8, 4) is 5.75 Å². The molecule has 29 heavy (non-hydrogen) atoms. The van der Waals surface area contributed by atoms with Crippen LogP contribution in [0.25, 0.3) is 0 Å². The van der Waals surface area contributed by atoms with Crippen LogP contribution in [0.5, 0.6) is 5.75 Å². The lowest BCUT2D eigenvalue weighted by Crippen LogP contribution is -2.50. The fraction of sp³-hybridized carbons (Fsp3) is 0.400. The monoisotopic (exact) mass is 419 g/mol. The number of ketones is 1. The Bertz CT molecular complexity index is 911. The first kappa shape index (κ1) is 21.4. The van der Waals surface area contributed by atoms with Crippen molar-refractivity contribution >= 4 is 15.8 Å². The minimum absolute atomic E-state index is 0.0127. The maximum absolute atomic E-state index is 12.6. The quantitative estimate of drug-likeness (QED) is 0.638. The molecule has 156 valence electrons. The summed E-state index contributed by atoms with van der Waals surface area (Å²) in [5.74, 6) is 0.572. The maximum atomic E-state index is 12.6. The second kappa shape index (κ2) is 9.45. The molecule has 1 atom stereocenters. The van der Waals surface area contributed by atoms with E-state index in [1.165, 1.54) is 23.6 Å². The van der Waals surface area contributed by atoms with Gasteiger partial charge in [-0.1, -0.05) is 0 Å². The zero-order chi connectivity index (χ0) is 20.9. The molecule has 0 radical (unpaired) electrons. The van der Waals surface area contributed by atoms with Gasteiger partial charge >= 0.3 is 0 Å². The average molecular weight is 420 g/mol. The van der Waals surface area contributed by atoms with E-state index < -0.39 is 16.1 Å². The summed E-state index contributed by atoms with van der Waals surface area (Å²) >= 11 is 0. The van der Waals surface area contributed by atoms with Crippen LogP contribution in [0.15, 0.2) is 53.7 Å². The van der Waals surface area contributed by atoms with Gasteiger partial charge in [0.1, 0.15) is 23.4 Å². The number of Topliss-reactive ketones (excluding diaryl/α,β-unsaturated/α-hetero) is 1. The topological polar surface area (TPSA) is 100 Å². The van der Waals surface area contributed by atoms with Crippen LogP contribution in [0.3, 0.4) is 0 Å². The lowest BCUT2D eigenvalue weighted by molar-refractivity contribution is 0.0569. The number of pyridine rings is 1. The Balaban J connectivity index is 1.45. The summed E-state index contributed by atoms with van der Waals surface area (Å²) in [6, 6.07) is 9.92. The standard InChI is InChI=1S/C20H25N3O5S/c1-16(24)17-4-6-19(7-5-17)28-15-18(25)14-22-9-11-23(12-10-22)29(26,27)20-3-2-8-21-13-20/h2-8,13,18,25H,9-12,14-15H2,1H3. The maximum Gasteiger partial charge on any atom is 0.244 e. The summed E-state index contributed by atoms with van der Waals surface area (Å²) < 4.78 is 32.3. The molecule has 1 aromatic carbocycles. The van der Waals surface area contributed by atoms with E-state index in [9.17, 15) is 18.3 Å². The molecule has 1 aliphatic rings. The summed E-state index contributed by atoms with van der Waals surface area (Å²) in [6.07, 6.45) is 2.19. The van der Waals surface area contributed by atoms with Gasteiger partial charge < -0.3 is 9.84 Å². The van der Waals surface area contributed by atoms with Crippen LogP contribution in [-0.2, 0) is 10.0 Å². The van der Waals surface area contributed by atoms with Crippen LogP contribution in [0.2, 0.25) is 0 Å². The number of aromatic nitrogens is 1. The molecule has 1 N–H and O–H groups in total. The first-order valence-electron chi connectivity index (χ1n) is 9.40. The largest absolute Gasteiger partial charge is 0.491 e. The van der Waals surface area contributed by atoms with E-state index in [-0.39, 0.29) is 17.3 Å². The minimum atomic E-state index is -3.54. The molecule has 1 aromatic heterocycles. The molecule has 0 spiro atoms. The SMILES string of the molecule is CC(=O)c1ccc(OCC(O)CN2CCN(S(=O)(=O)c3cccnc3)CC2)cc1. The lowest BCUT2D eigenvalue weighted by atomic mass is 10.1. The summed E-state index contributed by atoms with van der Waals surface area (Å²) in [5, 5.41) is 10.2. The highest BCUT2D eigenvalue weighted by molar-refractivity contribution is 7.89. The van der Waals surface area contributed by atoms with Gasteiger partial charge in [-0.3, -0.25) is 14.7 Å². The molecule has 2 aromatic rings. The third-order valence-electron chi connectivity index (χ3n) is 4.78. The van der Waals surface area contributed by atoms with Gasteiger partial charge in [0.15, 0.2) is 5.78 Å². The number of hydrogen-bond donors (Lipinski definition) is 1. The van der Waals surface area contributed by atoms with Crippen LogP contribution < -0.4 is 4.74 Å². The van der Waals surface area contributed by atoms with Gasteiger partial charge in [0.2, 0.25) is 10.0 Å². The van der Waals surface area contributed by atoms with E-state index in [0.717, 1.165) is 0 Å². The number of β-amino-alcohol motifs (C(OH)–C–C–N with tert-alkyl or cyclic N) is 1. The van der Waals surface area contributed by atoms with E-state index >= 15 is 0 Å². The molecule has 0 amide bonds. The van der Waals surface area contributed by atoms with Crippen molar-refractivity contribution in [2.45, 2.75) is 17.9 Å². The summed E-state index contributed by atoms with van der Waals surface area (Å²) in [7, 11) is -3.54. The summed E-state index contributed by atoms with van der Waals surface area (Å²) in [4.78, 5) is 17.4. The Hall–Kier alpha value is -2.33. The number of nitrogens with zero attached hydrogens (tertiary/aromatic N) is 3. The smallest absolute Gasteiger partial charge is 0.244 e. The fourth-order valence-electron chi connectivity index (χ4n) is 3.13. The number of rotatable bonds is 8. The van der Waals surface area contributed by atoms with Gasteiger partial charge in [0.05, 0.1) is 0 Å². The molecule has 3 rings (SSSR count). The summed E-state index contributed by atoms with van der Waals surface area (Å²) in [5.41, 5.74) is 0.608. The zero-order valence-electron chi connectivity index (χ0n) is 16.3. The normalized spacial score (nSPS) is 17.0. The van der Waals surface area contributed by atoms with Crippen molar-refractivity contribution in [3.63, 3.8) is 0 Å². The first-order valence-corrected chi connectivity index (χ1v) is 10.8. The molecule has 1 aliphatic heterocycles. The molecular formula is C20H25N3O5S. The van der Waals surface area contributed by atoms with Crippen molar-refractivity contribution in [1.82, 2.24) is 14.2 Å². The Morgan fingerprint density at radius 3 is 2.45 bits per heavy atom. The number of benzene rings is 1. The first-order chi connectivity index (χ1) is 13.9. The van der Waals surface area contributed by atoms with Crippen molar-refractivity contribution < 1.29 is 23.1 Å². The van der Waals surface area contributed by atoms with E-state index in [1.54, 1.807) is 36.4 Å². The van der Waals surface area contributed by atoms with E-state index in [1.807, 2.05) is 4.90 Å². The van der Waals surface area contributed by atoms with Crippen LogP contribution in [0.4, 0.5) is 0 Å². The highest BCUT2D eigenvalue weighted by atomic mass is 32.2. The number of carbonyl (C=O) groups is 1. The average Bonchev–Trinajstić information content (AvgIpc) is 2.73. The Morgan fingerprint density at radius 1 is 1.17 bits per heavy atom. The second-order valence-corrected chi connectivity index (χ2v) is 8.88. The fourth-order valence-corrected chi connectivity index (χ4v) is 4.52. The van der Waals surface area contributed by atoms with Crippen molar-refractivity contribution in [2.24, 2.45) is 0 Å². The number of aliphatic hydroxyl groups excluding tert-OH is 1. The molecule has 1 unspecified atom stereocenters. The third-order valence-corrected chi connectivity index (χ3v) is 6.66. The van der Waals surface area contributed by atoms with E-state index in [2.05, 4.69) is 4.98 Å².